The molecule has 1 saturated heterocycles. The van der Waals surface area contributed by atoms with Crippen LogP contribution in [0.2, 0.25) is 0 Å². The van der Waals surface area contributed by atoms with Crippen molar-refractivity contribution in [3.05, 3.63) is 23.6 Å². The molecule has 0 bridgehead atoms. The summed E-state index contributed by atoms with van der Waals surface area (Å²) in [5.74, 6) is -4.73. The van der Waals surface area contributed by atoms with Gasteiger partial charge in [0.05, 0.1) is 0 Å². The minimum Gasteiger partial charge on any atom is -0.368 e. The molecule has 0 radical (unpaired) electrons. The number of amides is 1. The van der Waals surface area contributed by atoms with Crippen molar-refractivity contribution < 1.29 is 18.0 Å². The molecule has 4 nitrogen and oxygen atoms in total. The highest BCUT2D eigenvalue weighted by atomic mass is 19.2. The van der Waals surface area contributed by atoms with E-state index >= 15 is 0 Å². The van der Waals surface area contributed by atoms with E-state index in [0.717, 1.165) is 6.42 Å². The Bertz CT molecular complexity index is 481. The maximum atomic E-state index is 13.6. The number of carbonyl (C=O) groups excluding carboxylic acids is 1. The van der Waals surface area contributed by atoms with Crippen molar-refractivity contribution in [2.75, 3.05) is 11.4 Å². The van der Waals surface area contributed by atoms with E-state index in [1.165, 1.54) is 4.90 Å². The normalized spacial score (nSPS) is 19.9. The van der Waals surface area contributed by atoms with E-state index in [1.54, 1.807) is 0 Å². The number of rotatable bonds is 2. The van der Waals surface area contributed by atoms with E-state index in [0.29, 0.717) is 25.5 Å². The number of nitrogens with zero attached hydrogens (tertiary/aromatic N) is 2. The number of piperidine rings is 1. The highest BCUT2D eigenvalue weighted by Crippen LogP contribution is 2.26. The summed E-state index contributed by atoms with van der Waals surface area (Å²) in [5, 5.41) is 0. The molecule has 1 atom stereocenters. The molecule has 1 amide bonds. The smallest absolute Gasteiger partial charge is 0.251 e. The lowest BCUT2D eigenvalue weighted by Crippen LogP contribution is -2.48. The van der Waals surface area contributed by atoms with Crippen LogP contribution in [0.4, 0.5) is 19.0 Å². The zero-order valence-corrected chi connectivity index (χ0v) is 9.50. The molecule has 18 heavy (non-hydrogen) atoms. The third-order valence-electron chi connectivity index (χ3n) is 2.97. The second-order valence-electron chi connectivity index (χ2n) is 4.17. The molecule has 0 aliphatic carbocycles. The van der Waals surface area contributed by atoms with Gasteiger partial charge >= 0.3 is 0 Å². The van der Waals surface area contributed by atoms with Crippen LogP contribution in [0.25, 0.3) is 0 Å². The average molecular weight is 259 g/mol. The first-order chi connectivity index (χ1) is 8.50. The number of primary amides is 1. The van der Waals surface area contributed by atoms with Crippen LogP contribution in [-0.4, -0.2) is 23.5 Å². The molecule has 0 saturated carbocycles. The van der Waals surface area contributed by atoms with Gasteiger partial charge in [-0.1, -0.05) is 0 Å². The number of pyridine rings is 1. The molecule has 1 fully saturated rings. The average Bonchev–Trinajstić information content (AvgIpc) is 2.34. The van der Waals surface area contributed by atoms with E-state index < -0.39 is 29.5 Å². The fourth-order valence-electron chi connectivity index (χ4n) is 2.12. The second kappa shape index (κ2) is 4.83. The number of hydrogen-bond acceptors (Lipinski definition) is 3. The maximum Gasteiger partial charge on any atom is 0.251 e. The monoisotopic (exact) mass is 259 g/mol. The summed E-state index contributed by atoms with van der Waals surface area (Å²) in [6.07, 6.45) is 1.94. The summed E-state index contributed by atoms with van der Waals surface area (Å²) in [7, 11) is 0. The molecular weight excluding hydrogens is 247 g/mol. The lowest BCUT2D eigenvalue weighted by atomic mass is 10.0. The van der Waals surface area contributed by atoms with Crippen LogP contribution < -0.4 is 10.6 Å². The van der Waals surface area contributed by atoms with Gasteiger partial charge < -0.3 is 10.6 Å². The number of nitrogens with two attached hydrogens (primary N) is 1. The molecule has 2 rings (SSSR count). The third kappa shape index (κ3) is 2.25. The summed E-state index contributed by atoms with van der Waals surface area (Å²) < 4.78 is 39.4. The molecule has 1 aromatic heterocycles. The zero-order chi connectivity index (χ0) is 13.3. The Morgan fingerprint density at radius 2 is 2.06 bits per heavy atom. The molecule has 98 valence electrons. The molecule has 1 aromatic rings. The summed E-state index contributed by atoms with van der Waals surface area (Å²) in [5.41, 5.74) is 5.21. The molecule has 7 heteroatoms. The van der Waals surface area contributed by atoms with Crippen LogP contribution >= 0.6 is 0 Å². The largest absolute Gasteiger partial charge is 0.368 e. The number of aromatic nitrogens is 1. The summed E-state index contributed by atoms with van der Waals surface area (Å²) in [4.78, 5) is 15.8. The van der Waals surface area contributed by atoms with Crippen LogP contribution in [-0.2, 0) is 4.79 Å². The highest BCUT2D eigenvalue weighted by molar-refractivity contribution is 5.83. The van der Waals surface area contributed by atoms with Crippen LogP contribution in [0.3, 0.4) is 0 Å². The number of carbonyl (C=O) groups is 1. The Balaban J connectivity index is 2.39. The molecule has 1 aliphatic heterocycles. The van der Waals surface area contributed by atoms with E-state index in [4.69, 9.17) is 5.73 Å². The van der Waals surface area contributed by atoms with Gasteiger partial charge in [-0.05, 0) is 19.3 Å². The first-order valence-electron chi connectivity index (χ1n) is 5.58. The van der Waals surface area contributed by atoms with Crippen molar-refractivity contribution in [2.24, 2.45) is 5.73 Å². The molecular formula is C11H12F3N3O. The van der Waals surface area contributed by atoms with Crippen LogP contribution in [0, 0.1) is 17.6 Å². The van der Waals surface area contributed by atoms with Crippen molar-refractivity contribution >= 4 is 11.7 Å². The van der Waals surface area contributed by atoms with Crippen molar-refractivity contribution in [1.29, 1.82) is 0 Å². The van der Waals surface area contributed by atoms with Gasteiger partial charge in [0.1, 0.15) is 6.04 Å². The van der Waals surface area contributed by atoms with Crippen molar-refractivity contribution in [3.63, 3.8) is 0 Å². The third-order valence-corrected chi connectivity index (χ3v) is 2.97. The van der Waals surface area contributed by atoms with Gasteiger partial charge in [-0.2, -0.15) is 9.37 Å². The van der Waals surface area contributed by atoms with Crippen LogP contribution in [0.15, 0.2) is 6.07 Å². The fourth-order valence-corrected chi connectivity index (χ4v) is 2.12. The Morgan fingerprint density at radius 1 is 1.33 bits per heavy atom. The predicted molar refractivity (Wildman–Crippen MR) is 58.3 cm³/mol. The number of hydrogen-bond donors (Lipinski definition) is 1. The minimum absolute atomic E-state index is 0.336. The highest BCUT2D eigenvalue weighted by Gasteiger charge is 2.30. The lowest BCUT2D eigenvalue weighted by molar-refractivity contribution is -0.119. The van der Waals surface area contributed by atoms with Gasteiger partial charge in [0.2, 0.25) is 5.91 Å². The lowest BCUT2D eigenvalue weighted by Gasteiger charge is -2.34. The molecule has 2 heterocycles. The fraction of sp³-hybridized carbons (Fsp3) is 0.455. The molecule has 0 aromatic carbocycles. The summed E-state index contributed by atoms with van der Waals surface area (Å²) in [6, 6.07) is -0.310. The second-order valence-corrected chi connectivity index (χ2v) is 4.17. The predicted octanol–water partition coefficient (Wildman–Crippen LogP) is 1.34. The Morgan fingerprint density at radius 3 is 2.72 bits per heavy atom. The Hall–Kier alpha value is -1.79. The maximum absolute atomic E-state index is 13.6. The van der Waals surface area contributed by atoms with Crippen LogP contribution in [0.1, 0.15) is 19.3 Å². The van der Waals surface area contributed by atoms with Gasteiger partial charge in [-0.15, -0.1) is 0 Å². The molecule has 0 spiro atoms. The minimum atomic E-state index is -1.39. The van der Waals surface area contributed by atoms with Crippen molar-refractivity contribution in [3.8, 4) is 0 Å². The van der Waals surface area contributed by atoms with Gasteiger partial charge in [-0.3, -0.25) is 4.79 Å². The molecule has 1 aliphatic rings. The number of anilines is 1. The van der Waals surface area contributed by atoms with E-state index in [2.05, 4.69) is 4.98 Å². The standard InChI is InChI=1S/C11H12F3N3O/c12-6-5-7(13)11(16-9(6)14)17-4-2-1-3-8(17)10(15)18/h5,8H,1-4H2,(H2,15,18). The Labute approximate surface area is 102 Å². The van der Waals surface area contributed by atoms with Gasteiger partial charge in [-0.25, -0.2) is 8.78 Å². The Kier molecular flexibility index (Phi) is 3.40. The topological polar surface area (TPSA) is 59.2 Å². The zero-order valence-electron chi connectivity index (χ0n) is 9.50. The van der Waals surface area contributed by atoms with Crippen molar-refractivity contribution in [2.45, 2.75) is 25.3 Å². The van der Waals surface area contributed by atoms with E-state index in [-0.39, 0.29) is 5.82 Å². The van der Waals surface area contributed by atoms with E-state index in [9.17, 15) is 18.0 Å². The SMILES string of the molecule is NC(=O)C1CCCCN1c1nc(F)c(F)cc1F. The molecule has 1 unspecified atom stereocenters. The van der Waals surface area contributed by atoms with Gasteiger partial charge in [0, 0.05) is 12.6 Å². The number of halogens is 3. The first-order valence-corrected chi connectivity index (χ1v) is 5.58. The quantitative estimate of drug-likeness (QED) is 0.815. The summed E-state index contributed by atoms with van der Waals surface area (Å²) >= 11 is 0. The van der Waals surface area contributed by atoms with Gasteiger partial charge in [0.25, 0.3) is 5.95 Å². The van der Waals surface area contributed by atoms with E-state index in [1.807, 2.05) is 0 Å². The van der Waals surface area contributed by atoms with Crippen LogP contribution in [0.5, 0.6) is 0 Å². The van der Waals surface area contributed by atoms with Gasteiger partial charge in [0.15, 0.2) is 17.5 Å². The summed E-state index contributed by atoms with van der Waals surface area (Å²) in [6.45, 7) is 0.336. The van der Waals surface area contributed by atoms with Crippen molar-refractivity contribution in [1.82, 2.24) is 4.98 Å². The molecule has 2 N–H and O–H groups in total. The first kappa shape index (κ1) is 12.7.